The lowest BCUT2D eigenvalue weighted by Gasteiger charge is -2.46. The number of aromatic nitrogens is 1. The van der Waals surface area contributed by atoms with E-state index in [2.05, 4.69) is 390 Å². The average Bonchev–Trinajstić information content (AvgIpc) is 1.08. The first kappa shape index (κ1) is 58.5. The Bertz CT molecular complexity index is 6400. The van der Waals surface area contributed by atoms with Crippen molar-refractivity contribution < 1.29 is 4.42 Å². The van der Waals surface area contributed by atoms with E-state index in [-0.39, 0.29) is 6.71 Å². The number of para-hydroxylation sites is 5. The summed E-state index contributed by atoms with van der Waals surface area (Å²) in [6, 6.07) is 140. The molecule has 0 atom stereocenters. The van der Waals surface area contributed by atoms with Gasteiger partial charge in [-0.3, -0.25) is 0 Å². The second-order valence-corrected chi connectivity index (χ2v) is 27.3. The van der Waals surface area contributed by atoms with Crippen molar-refractivity contribution in [2.75, 3.05) is 9.80 Å². The summed E-state index contributed by atoms with van der Waals surface area (Å²) in [7, 11) is 0. The lowest BCUT2D eigenvalue weighted by molar-refractivity contribution is 0.669. The van der Waals surface area contributed by atoms with Crippen LogP contribution < -0.4 is 26.2 Å². The van der Waals surface area contributed by atoms with Gasteiger partial charge in [0.2, 0.25) is 0 Å². The Labute approximate surface area is 597 Å². The van der Waals surface area contributed by atoms with Gasteiger partial charge in [0.05, 0.1) is 28.1 Å². The van der Waals surface area contributed by atoms with Crippen molar-refractivity contribution in [1.82, 2.24) is 4.57 Å². The van der Waals surface area contributed by atoms with Crippen LogP contribution in [0.25, 0.3) is 149 Å². The van der Waals surface area contributed by atoms with Crippen LogP contribution in [0.2, 0.25) is 0 Å². The van der Waals surface area contributed by atoms with Crippen molar-refractivity contribution in [2.24, 2.45) is 0 Å². The van der Waals surface area contributed by atoms with Crippen LogP contribution in [-0.2, 0) is 0 Å². The Morgan fingerprint density at radius 3 is 1.12 bits per heavy atom. The van der Waals surface area contributed by atoms with Gasteiger partial charge in [-0.1, -0.05) is 322 Å². The van der Waals surface area contributed by atoms with Crippen molar-refractivity contribution in [1.29, 1.82) is 0 Å². The van der Waals surface area contributed by atoms with Crippen LogP contribution in [0.15, 0.2) is 381 Å². The molecule has 0 spiro atoms. The molecule has 478 valence electrons. The van der Waals surface area contributed by atoms with Crippen LogP contribution in [0.1, 0.15) is 0 Å². The molecule has 0 fully saturated rings. The molecule has 0 unspecified atom stereocenters. The van der Waals surface area contributed by atoms with Crippen LogP contribution in [0.3, 0.4) is 0 Å². The maximum atomic E-state index is 6.72. The summed E-state index contributed by atoms with van der Waals surface area (Å²) in [5.41, 5.74) is 31.1. The maximum Gasteiger partial charge on any atom is 0.252 e. The molecular weight excluding hydrogens is 1250 g/mol. The third-order valence-corrected chi connectivity index (χ3v) is 21.7. The van der Waals surface area contributed by atoms with Gasteiger partial charge in [0, 0.05) is 66.5 Å². The molecule has 19 aromatic rings. The molecule has 0 bridgehead atoms. The number of rotatable bonds is 10. The van der Waals surface area contributed by atoms with Crippen LogP contribution in [0.5, 0.6) is 0 Å². The van der Waals surface area contributed by atoms with Gasteiger partial charge in [0.15, 0.2) is 0 Å². The van der Waals surface area contributed by atoms with Gasteiger partial charge >= 0.3 is 0 Å². The van der Waals surface area contributed by atoms with Gasteiger partial charge in [-0.05, 0) is 148 Å². The summed E-state index contributed by atoms with van der Waals surface area (Å²) < 4.78 is 9.25. The number of hydrogen-bond donors (Lipinski definition) is 0. The largest absolute Gasteiger partial charge is 0.456 e. The van der Waals surface area contributed by atoms with E-state index in [1.165, 1.54) is 65.4 Å². The molecule has 2 aliphatic heterocycles. The van der Waals surface area contributed by atoms with E-state index < -0.39 is 0 Å². The average molecular weight is 1310 g/mol. The second-order valence-electron chi connectivity index (χ2n) is 27.3. The van der Waals surface area contributed by atoms with Gasteiger partial charge in [0.1, 0.15) is 11.2 Å². The number of anilines is 6. The van der Waals surface area contributed by atoms with E-state index >= 15 is 0 Å². The smallest absolute Gasteiger partial charge is 0.252 e. The molecule has 0 saturated heterocycles. The maximum absolute atomic E-state index is 6.72. The predicted molar refractivity (Wildman–Crippen MR) is 435 cm³/mol. The Morgan fingerprint density at radius 2 is 0.612 bits per heavy atom. The van der Waals surface area contributed by atoms with Crippen molar-refractivity contribution in [3.8, 4) is 83.6 Å². The van der Waals surface area contributed by atoms with Crippen molar-refractivity contribution >= 4 is 123 Å². The Balaban J connectivity index is 0.946. The first-order valence-electron chi connectivity index (χ1n) is 35.6. The van der Waals surface area contributed by atoms with Gasteiger partial charge in [-0.25, -0.2) is 0 Å². The fourth-order valence-electron chi connectivity index (χ4n) is 17.4. The van der Waals surface area contributed by atoms with Crippen molar-refractivity contribution in [3.63, 3.8) is 0 Å². The first-order chi connectivity index (χ1) is 51.1. The zero-order valence-electron chi connectivity index (χ0n) is 56.1. The summed E-state index contributed by atoms with van der Waals surface area (Å²) in [5, 5.41) is 9.43. The van der Waals surface area contributed by atoms with Gasteiger partial charge in [-0.15, -0.1) is 0 Å². The fraction of sp³-hybridized carbons (Fsp3) is 0. The molecule has 0 aliphatic carbocycles. The molecule has 4 heterocycles. The second kappa shape index (κ2) is 23.6. The van der Waals surface area contributed by atoms with Crippen LogP contribution >= 0.6 is 0 Å². The highest BCUT2D eigenvalue weighted by Crippen LogP contribution is 2.55. The van der Waals surface area contributed by atoms with Crippen molar-refractivity contribution in [3.05, 3.63) is 376 Å². The highest BCUT2D eigenvalue weighted by molar-refractivity contribution is 7.00. The van der Waals surface area contributed by atoms with E-state index in [0.29, 0.717) is 0 Å². The Morgan fingerprint density at radius 1 is 0.223 bits per heavy atom. The fourth-order valence-corrected chi connectivity index (χ4v) is 17.4. The molecule has 17 aromatic carbocycles. The van der Waals surface area contributed by atoms with E-state index in [1.54, 1.807) is 0 Å². The molecule has 0 amide bonds. The van der Waals surface area contributed by atoms with Crippen LogP contribution in [0.4, 0.5) is 34.1 Å². The minimum atomic E-state index is -0.305. The monoisotopic (exact) mass is 1310 g/mol. The predicted octanol–water partition coefficient (Wildman–Crippen LogP) is 24.7. The minimum Gasteiger partial charge on any atom is -0.456 e. The third kappa shape index (κ3) is 9.19. The molecule has 103 heavy (non-hydrogen) atoms. The standard InChI is InChI=1S/C98H62BN3O/c1-6-28-63(29-7-1)72-45-26-46-73(64-30-8-2-9-31-64)97(72)101-88-57-54-68(69-52-55-79-78-40-22-25-51-92(78)103-93(79)60-69)58-85(88)99-84-56-53-70(95-82-43-18-16-41-80(82)94(67-36-14-5-15-37-67)81-42-17-19-44-83(81)95)59-89(84)102(98-74(65-32-10-3-11-33-65)47-27-48-75(98)66-34-12-4-13-35-66)91-62-71(61-90(101)96(91)99)100-86-49-23-20-38-76(86)77-39-21-24-50-87(77)100/h1-62H. The minimum absolute atomic E-state index is 0.305. The molecule has 0 saturated carbocycles. The quantitative estimate of drug-likeness (QED) is 0.101. The molecule has 0 radical (unpaired) electrons. The summed E-state index contributed by atoms with van der Waals surface area (Å²) in [6.45, 7) is -0.305. The summed E-state index contributed by atoms with van der Waals surface area (Å²) in [5.74, 6) is 0. The Hall–Kier alpha value is -13.5. The lowest BCUT2D eigenvalue weighted by Crippen LogP contribution is -2.61. The summed E-state index contributed by atoms with van der Waals surface area (Å²) in [4.78, 5) is 5.35. The third-order valence-electron chi connectivity index (χ3n) is 21.7. The number of hydrogen-bond acceptors (Lipinski definition) is 3. The molecule has 2 aliphatic rings. The summed E-state index contributed by atoms with van der Waals surface area (Å²) >= 11 is 0. The number of furan rings is 1. The highest BCUT2D eigenvalue weighted by atomic mass is 16.3. The molecule has 5 heteroatoms. The first-order valence-corrected chi connectivity index (χ1v) is 35.6. The zero-order valence-corrected chi connectivity index (χ0v) is 56.1. The van der Waals surface area contributed by atoms with Gasteiger partial charge in [0.25, 0.3) is 6.71 Å². The van der Waals surface area contributed by atoms with E-state index in [0.717, 1.165) is 134 Å². The van der Waals surface area contributed by atoms with Crippen LogP contribution in [0, 0.1) is 0 Å². The molecule has 4 nitrogen and oxygen atoms in total. The number of benzene rings is 17. The number of nitrogens with zero attached hydrogens (tertiary/aromatic N) is 3. The molecule has 0 N–H and O–H groups in total. The Kier molecular flexibility index (Phi) is 13.4. The van der Waals surface area contributed by atoms with Crippen molar-refractivity contribution in [2.45, 2.75) is 0 Å². The van der Waals surface area contributed by atoms with E-state index in [4.69, 9.17) is 4.42 Å². The van der Waals surface area contributed by atoms with E-state index in [1.807, 2.05) is 0 Å². The SMILES string of the molecule is c1ccc(-c2cccc(-c3ccccc3)c2N2c3ccc(-c4ccc5c(c4)oc4ccccc45)cc3B3c4ccc(-c5c6ccccc6c(-c6ccccc6)c6ccccc56)cc4N(c4c(-c5ccccc5)cccc4-c4ccccc4)c4cc(-n5c6ccccc6c6ccccc65)cc2c43)cc1. The highest BCUT2D eigenvalue weighted by Gasteiger charge is 2.46. The topological polar surface area (TPSA) is 24.6 Å². The van der Waals surface area contributed by atoms with Gasteiger partial charge < -0.3 is 18.8 Å². The number of fused-ring (bicyclic) bond motifs is 12. The lowest BCUT2D eigenvalue weighted by atomic mass is 9.33. The molecule has 21 rings (SSSR count). The molecular formula is C98H62BN3O. The van der Waals surface area contributed by atoms with Crippen LogP contribution in [-0.4, -0.2) is 11.3 Å². The summed E-state index contributed by atoms with van der Waals surface area (Å²) in [6.07, 6.45) is 0. The zero-order chi connectivity index (χ0) is 67.6. The van der Waals surface area contributed by atoms with Gasteiger partial charge in [-0.2, -0.15) is 0 Å². The molecule has 2 aromatic heterocycles. The normalized spacial score (nSPS) is 12.4. The van der Waals surface area contributed by atoms with E-state index in [9.17, 15) is 0 Å².